The monoisotopic (exact) mass is 415 g/mol. The summed E-state index contributed by atoms with van der Waals surface area (Å²) < 4.78 is 44.2. The zero-order valence-corrected chi connectivity index (χ0v) is 15.3. The molecule has 1 aromatic rings. The van der Waals surface area contributed by atoms with Gasteiger partial charge in [-0.15, -0.1) is 0 Å². The summed E-state index contributed by atoms with van der Waals surface area (Å²) in [4.78, 5) is 28.6. The molecule has 3 rings (SSSR count). The van der Waals surface area contributed by atoms with Crippen LogP contribution in [0.5, 0.6) is 0 Å². The van der Waals surface area contributed by atoms with Crippen molar-refractivity contribution in [2.75, 3.05) is 13.2 Å². The molecule has 0 saturated heterocycles. The third-order valence-corrected chi connectivity index (χ3v) is 5.18. The molecule has 0 aliphatic heterocycles. The molecule has 0 radical (unpaired) electrons. The van der Waals surface area contributed by atoms with Crippen molar-refractivity contribution in [2.24, 2.45) is 11.8 Å². The normalized spacial score (nSPS) is 22.9. The fourth-order valence-corrected chi connectivity index (χ4v) is 3.68. The second-order valence-electron chi connectivity index (χ2n) is 7.20. The van der Waals surface area contributed by atoms with E-state index in [0.717, 1.165) is 6.07 Å². The summed E-state index contributed by atoms with van der Waals surface area (Å²) in [5, 5.41) is 28.8. The topological polar surface area (TPSA) is 117 Å². The van der Waals surface area contributed by atoms with Crippen LogP contribution >= 0.6 is 0 Å². The molecule has 3 unspecified atom stereocenters. The standard InChI is InChI=1S/C19H20F3NO6/c20-19(21,22)14-4-3-12(13(23-14)8-29-7-11(25)6-24)18(28)15-16(26)9-1-2-10(5-9)17(15)27/h3-4,9-11,24-25,28H,1-2,5-8H2. The summed E-state index contributed by atoms with van der Waals surface area (Å²) in [6.07, 6.45) is -4.50. The number of halogens is 3. The number of fused-ring (bicyclic) bond motifs is 2. The molecule has 0 spiro atoms. The van der Waals surface area contributed by atoms with Gasteiger partial charge in [-0.1, -0.05) is 0 Å². The van der Waals surface area contributed by atoms with E-state index in [2.05, 4.69) is 4.98 Å². The molecule has 0 aromatic carbocycles. The number of Topliss-reactive ketones (excluding diaryl/α,β-unsaturated/α-hetero) is 2. The zero-order valence-electron chi connectivity index (χ0n) is 15.3. The lowest BCUT2D eigenvalue weighted by atomic mass is 9.81. The first kappa shape index (κ1) is 21.4. The fourth-order valence-electron chi connectivity index (χ4n) is 3.68. The number of carbonyl (C=O) groups is 2. The van der Waals surface area contributed by atoms with E-state index in [-0.39, 0.29) is 29.7 Å². The van der Waals surface area contributed by atoms with Crippen LogP contribution in [0.25, 0.3) is 5.76 Å². The van der Waals surface area contributed by atoms with Crippen LogP contribution in [-0.2, 0) is 27.1 Å². The summed E-state index contributed by atoms with van der Waals surface area (Å²) in [7, 11) is 0. The third-order valence-electron chi connectivity index (χ3n) is 5.18. The van der Waals surface area contributed by atoms with Gasteiger partial charge in [-0.3, -0.25) is 9.59 Å². The lowest BCUT2D eigenvalue weighted by molar-refractivity contribution is -0.141. The van der Waals surface area contributed by atoms with Gasteiger partial charge in [-0.05, 0) is 31.4 Å². The van der Waals surface area contributed by atoms with Gasteiger partial charge in [-0.25, -0.2) is 4.98 Å². The zero-order chi connectivity index (χ0) is 21.3. The number of rotatable bonds is 6. The maximum Gasteiger partial charge on any atom is 0.433 e. The number of ketones is 2. The molecule has 2 bridgehead atoms. The Kier molecular flexibility index (Phi) is 6.06. The molecule has 7 nitrogen and oxygen atoms in total. The first-order valence-electron chi connectivity index (χ1n) is 9.09. The number of hydrogen-bond donors (Lipinski definition) is 3. The minimum absolute atomic E-state index is 0.213. The number of nitrogens with zero attached hydrogens (tertiary/aromatic N) is 1. The van der Waals surface area contributed by atoms with E-state index in [0.29, 0.717) is 25.3 Å². The van der Waals surface area contributed by atoms with Crippen molar-refractivity contribution in [1.29, 1.82) is 0 Å². The molecular formula is C19H20F3NO6. The predicted molar refractivity (Wildman–Crippen MR) is 92.4 cm³/mol. The van der Waals surface area contributed by atoms with Crippen molar-refractivity contribution in [3.63, 3.8) is 0 Å². The Labute approximate surface area is 163 Å². The van der Waals surface area contributed by atoms with Crippen molar-refractivity contribution < 1.29 is 42.8 Å². The molecule has 0 amide bonds. The highest BCUT2D eigenvalue weighted by atomic mass is 19.4. The summed E-state index contributed by atoms with van der Waals surface area (Å²) >= 11 is 0. The smallest absolute Gasteiger partial charge is 0.433 e. The summed E-state index contributed by atoms with van der Waals surface area (Å²) in [6.45, 7) is -1.53. The average Bonchev–Trinajstić information content (AvgIpc) is 3.12. The minimum Gasteiger partial charge on any atom is -0.506 e. The van der Waals surface area contributed by atoms with Gasteiger partial charge in [0.05, 0.1) is 25.5 Å². The molecule has 3 atom stereocenters. The van der Waals surface area contributed by atoms with E-state index in [1.54, 1.807) is 0 Å². The molecule has 2 saturated carbocycles. The number of allylic oxidation sites excluding steroid dienone is 1. The highest BCUT2D eigenvalue weighted by Gasteiger charge is 2.45. The molecule has 2 aliphatic rings. The highest BCUT2D eigenvalue weighted by Crippen LogP contribution is 2.42. The fraction of sp³-hybridized carbons (Fsp3) is 0.526. The summed E-state index contributed by atoms with van der Waals surface area (Å²) in [6, 6.07) is 1.58. The van der Waals surface area contributed by atoms with Crippen molar-refractivity contribution >= 4 is 17.3 Å². The summed E-state index contributed by atoms with van der Waals surface area (Å²) in [5.41, 5.74) is -2.19. The van der Waals surface area contributed by atoms with Crippen LogP contribution in [-0.4, -0.2) is 51.2 Å². The van der Waals surface area contributed by atoms with Gasteiger partial charge in [0.15, 0.2) is 11.6 Å². The number of pyridine rings is 1. The van der Waals surface area contributed by atoms with Crippen LogP contribution in [0.1, 0.15) is 36.2 Å². The Morgan fingerprint density at radius 2 is 1.83 bits per heavy atom. The molecule has 29 heavy (non-hydrogen) atoms. The van der Waals surface area contributed by atoms with E-state index in [1.807, 2.05) is 0 Å². The Morgan fingerprint density at radius 1 is 1.21 bits per heavy atom. The van der Waals surface area contributed by atoms with Gasteiger partial charge in [0, 0.05) is 17.4 Å². The lowest BCUT2D eigenvalue weighted by Crippen LogP contribution is -2.30. The van der Waals surface area contributed by atoms with Crippen molar-refractivity contribution in [3.05, 3.63) is 34.7 Å². The Bertz CT molecular complexity index is 827. The van der Waals surface area contributed by atoms with Crippen molar-refractivity contribution in [1.82, 2.24) is 4.98 Å². The van der Waals surface area contributed by atoms with Gasteiger partial charge >= 0.3 is 6.18 Å². The van der Waals surface area contributed by atoms with Crippen LogP contribution in [0.15, 0.2) is 17.7 Å². The van der Waals surface area contributed by atoms with E-state index in [9.17, 15) is 33.0 Å². The molecule has 158 valence electrons. The molecule has 2 aliphatic carbocycles. The average molecular weight is 415 g/mol. The molecule has 2 fully saturated rings. The van der Waals surface area contributed by atoms with Crippen LogP contribution < -0.4 is 0 Å². The molecule has 3 N–H and O–H groups in total. The number of ether oxygens (including phenoxy) is 1. The number of aromatic nitrogens is 1. The molecule has 1 heterocycles. The maximum atomic E-state index is 13.0. The number of aliphatic hydroxyl groups is 3. The quantitative estimate of drug-likeness (QED) is 0.369. The number of aliphatic hydroxyl groups excluding tert-OH is 3. The van der Waals surface area contributed by atoms with E-state index < -0.39 is 54.1 Å². The number of hydrogen-bond acceptors (Lipinski definition) is 7. The van der Waals surface area contributed by atoms with Crippen LogP contribution in [0.2, 0.25) is 0 Å². The second kappa shape index (κ2) is 8.21. The lowest BCUT2D eigenvalue weighted by Gasteiger charge is -2.21. The minimum atomic E-state index is -4.75. The first-order valence-corrected chi connectivity index (χ1v) is 9.09. The highest BCUT2D eigenvalue weighted by molar-refractivity contribution is 6.27. The first-order chi connectivity index (χ1) is 13.6. The van der Waals surface area contributed by atoms with Crippen molar-refractivity contribution in [2.45, 2.75) is 38.1 Å². The van der Waals surface area contributed by atoms with Gasteiger partial charge < -0.3 is 20.1 Å². The van der Waals surface area contributed by atoms with E-state index in [4.69, 9.17) is 9.84 Å². The van der Waals surface area contributed by atoms with Gasteiger partial charge in [0.2, 0.25) is 0 Å². The van der Waals surface area contributed by atoms with Crippen molar-refractivity contribution in [3.8, 4) is 0 Å². The van der Waals surface area contributed by atoms with E-state index in [1.165, 1.54) is 0 Å². The van der Waals surface area contributed by atoms with Crippen LogP contribution in [0.3, 0.4) is 0 Å². The Morgan fingerprint density at radius 3 is 2.38 bits per heavy atom. The SMILES string of the molecule is O=C1C(=C(O)c2ccc(C(F)(F)F)nc2COCC(O)CO)C(=O)C2CCC1C2. The van der Waals surface area contributed by atoms with Crippen LogP contribution in [0.4, 0.5) is 13.2 Å². The number of alkyl halides is 3. The molecule has 1 aromatic heterocycles. The van der Waals surface area contributed by atoms with Gasteiger partial charge in [0.25, 0.3) is 0 Å². The summed E-state index contributed by atoms with van der Waals surface area (Å²) in [5.74, 6) is -2.49. The second-order valence-corrected chi connectivity index (χ2v) is 7.20. The maximum absolute atomic E-state index is 13.0. The third kappa shape index (κ3) is 4.34. The van der Waals surface area contributed by atoms with Gasteiger partial charge in [0.1, 0.15) is 23.1 Å². The molecule has 10 heteroatoms. The van der Waals surface area contributed by atoms with E-state index >= 15 is 0 Å². The van der Waals surface area contributed by atoms with Gasteiger partial charge in [-0.2, -0.15) is 13.2 Å². The number of carbonyl (C=O) groups excluding carboxylic acids is 2. The van der Waals surface area contributed by atoms with Crippen LogP contribution in [0, 0.1) is 11.8 Å². The Balaban J connectivity index is 2.00. The molecular weight excluding hydrogens is 395 g/mol. The Hall–Kier alpha value is -2.30. The predicted octanol–water partition coefficient (Wildman–Crippen LogP) is 1.81. The largest absolute Gasteiger partial charge is 0.506 e.